The molecule has 0 radical (unpaired) electrons. The summed E-state index contributed by atoms with van der Waals surface area (Å²) in [7, 11) is 0. The van der Waals surface area contributed by atoms with Gasteiger partial charge in [0.1, 0.15) is 29.1 Å². The fraction of sp³-hybridized carbons (Fsp3) is 0.722. The molecule has 7 saturated carbocycles. The second kappa shape index (κ2) is 54.6. The minimum absolute atomic E-state index is 0.167. The van der Waals surface area contributed by atoms with Gasteiger partial charge in [0.25, 0.3) is 0 Å². The molecule has 5 aromatic carbocycles. The zero-order valence-electron chi connectivity index (χ0n) is 91.6. The first-order chi connectivity index (χ1) is 73.0. The number of aromatic nitrogens is 10. The number of hydrogen-bond donors (Lipinski definition) is 6. The highest BCUT2D eigenvalue weighted by Gasteiger charge is 2.42. The van der Waals surface area contributed by atoms with Crippen LogP contribution in [0.2, 0.25) is 0 Å². The first-order valence-corrected chi connectivity index (χ1v) is 63.1. The van der Waals surface area contributed by atoms with Crippen molar-refractivity contribution in [2.24, 2.45) is 46.8 Å². The Morgan fingerprint density at radius 1 is 0.297 bits per heavy atom. The minimum Gasteiger partial charge on any atom is -0.392 e. The lowest BCUT2D eigenvalue weighted by Crippen LogP contribution is -2.43. The lowest BCUT2D eigenvalue weighted by molar-refractivity contribution is 0.148. The van der Waals surface area contributed by atoms with Gasteiger partial charge in [-0.25, -0.2) is 24.9 Å². The normalized spacial score (nSPS) is 25.0. The summed E-state index contributed by atoms with van der Waals surface area (Å²) < 4.78 is 12.8. The van der Waals surface area contributed by atoms with Crippen molar-refractivity contribution in [1.29, 1.82) is 0 Å². The number of piperidine rings is 5. The second-order valence-corrected chi connectivity index (χ2v) is 50.5. The van der Waals surface area contributed by atoms with E-state index in [1.54, 1.807) is 0 Å². The molecule has 148 heavy (non-hydrogen) atoms. The summed E-state index contributed by atoms with van der Waals surface area (Å²) in [6.07, 6.45) is 76.3. The van der Waals surface area contributed by atoms with Crippen molar-refractivity contribution in [3.8, 4) is 0 Å². The van der Waals surface area contributed by atoms with Crippen molar-refractivity contribution in [3.05, 3.63) is 150 Å². The third kappa shape index (κ3) is 28.2. The molecule has 22 heteroatoms. The maximum absolute atomic E-state index is 10.1. The van der Waals surface area contributed by atoms with E-state index in [2.05, 4.69) is 179 Å². The molecule has 3 atom stereocenters. The number of rotatable bonds is 22. The van der Waals surface area contributed by atoms with Gasteiger partial charge in [0.2, 0.25) is 0 Å². The molecule has 810 valence electrons. The lowest BCUT2D eigenvalue weighted by Gasteiger charge is -2.39. The second-order valence-electron chi connectivity index (χ2n) is 49.4. The Hall–Kier alpha value is -6.64. The zero-order chi connectivity index (χ0) is 100. The first kappa shape index (κ1) is 108. The van der Waals surface area contributed by atoms with Crippen LogP contribution in [0.25, 0.3) is 55.2 Å². The number of para-hydroxylation sites is 10. The Kier molecular flexibility index (Phi) is 40.0. The fourth-order valence-electron chi connectivity index (χ4n) is 30.2. The van der Waals surface area contributed by atoms with Crippen LogP contribution >= 0.6 is 11.8 Å². The molecule has 0 spiro atoms. The minimum atomic E-state index is -0.256. The molecule has 10 aromatic rings. The summed E-state index contributed by atoms with van der Waals surface area (Å²) in [5.41, 5.74) is 31.4. The molecule has 0 bridgehead atoms. The van der Waals surface area contributed by atoms with Gasteiger partial charge in [-0.1, -0.05) is 253 Å². The molecule has 7 saturated heterocycles. The topological polar surface area (TPSA) is 228 Å². The van der Waals surface area contributed by atoms with Crippen LogP contribution in [0.1, 0.15) is 431 Å². The Morgan fingerprint density at radius 3 is 0.865 bits per heavy atom. The Balaban J connectivity index is 0.000000112. The largest absolute Gasteiger partial charge is 0.392 e. The van der Waals surface area contributed by atoms with E-state index in [1.165, 1.54) is 470 Å². The van der Waals surface area contributed by atoms with E-state index in [9.17, 15) is 5.11 Å². The van der Waals surface area contributed by atoms with Crippen LogP contribution in [0.4, 0.5) is 0 Å². The number of aliphatic hydroxyl groups is 1. The van der Waals surface area contributed by atoms with Crippen molar-refractivity contribution in [3.63, 3.8) is 0 Å². The molecule has 0 amide bonds. The van der Waals surface area contributed by atoms with Gasteiger partial charge in [0.15, 0.2) is 0 Å². The number of thioether (sulfide) groups is 1. The Labute approximate surface area is 894 Å². The van der Waals surface area contributed by atoms with Gasteiger partial charge in [0.05, 0.1) is 84.4 Å². The van der Waals surface area contributed by atoms with E-state index in [0.717, 1.165) is 126 Å². The number of nitrogens with zero attached hydrogens (tertiary/aromatic N) is 15. The third-order valence-electron chi connectivity index (χ3n) is 38.6. The Morgan fingerprint density at radius 2 is 0.561 bits per heavy atom. The molecule has 24 rings (SSSR count). The molecule has 0 unspecified atom stereocenters. The Bertz CT molecular complexity index is 5560. The van der Waals surface area contributed by atoms with Gasteiger partial charge in [0, 0.05) is 153 Å². The van der Waals surface area contributed by atoms with Crippen LogP contribution in [0.5, 0.6) is 0 Å². The maximum Gasteiger partial charge on any atom is 0.130 e. The van der Waals surface area contributed by atoms with E-state index in [1.807, 2.05) is 11.8 Å². The highest BCUT2D eigenvalue weighted by atomic mass is 32.2. The number of benzene rings is 5. The molecule has 14 aliphatic rings. The maximum atomic E-state index is 10.1. The molecule has 5 aromatic heterocycles. The zero-order valence-corrected chi connectivity index (χ0v) is 92.4. The van der Waals surface area contributed by atoms with Crippen LogP contribution in [0, 0.1) is 29.6 Å². The highest BCUT2D eigenvalue weighted by molar-refractivity contribution is 7.99. The van der Waals surface area contributed by atoms with Crippen molar-refractivity contribution in [2.45, 2.75) is 425 Å². The summed E-state index contributed by atoms with van der Waals surface area (Å²) in [6.45, 7) is 20.3. The summed E-state index contributed by atoms with van der Waals surface area (Å²) in [5, 5.41) is 17.2. The van der Waals surface area contributed by atoms with Gasteiger partial charge in [-0.3, -0.25) is 5.32 Å². The average molecular weight is 2040 g/mol. The number of nitrogens with one attached hydrogen (secondary N) is 2. The van der Waals surface area contributed by atoms with Crippen LogP contribution in [-0.4, -0.2) is 206 Å². The predicted octanol–water partition coefficient (Wildman–Crippen LogP) is 26.6. The van der Waals surface area contributed by atoms with E-state index >= 15 is 0 Å². The van der Waals surface area contributed by atoms with E-state index in [0.29, 0.717) is 42.8 Å². The monoisotopic (exact) mass is 2040 g/mol. The lowest BCUT2D eigenvalue weighted by atomic mass is 9.81. The smallest absolute Gasteiger partial charge is 0.130 e. The summed E-state index contributed by atoms with van der Waals surface area (Å²) in [4.78, 5) is 39.1. The number of likely N-dealkylation sites (tertiary alicyclic amines) is 5. The first-order valence-electron chi connectivity index (χ1n) is 61.9. The highest BCUT2D eigenvalue weighted by Crippen LogP contribution is 2.46. The van der Waals surface area contributed by atoms with Crippen LogP contribution in [-0.2, 0) is 17.5 Å². The number of β-amino-alcohol motifs (C(OH)–C–C–N with tert-alkyl or cyclic N) is 1. The summed E-state index contributed by atoms with van der Waals surface area (Å²) in [6, 6.07) is 46.7. The van der Waals surface area contributed by atoms with E-state index < -0.39 is 0 Å². The molecule has 7 aliphatic carbocycles. The van der Waals surface area contributed by atoms with Crippen LogP contribution in [0.15, 0.2) is 121 Å². The predicted molar refractivity (Wildman–Crippen MR) is 616 cm³/mol. The fourth-order valence-corrected chi connectivity index (χ4v) is 31.1. The standard InChI is InChI=1S/C27H42N4.C26H40N4.C25H38N4O.C24H36N4S.C24H38N4/c28-27(17-9-4-10-18-27)26-29-24-13-7-8-14-25(24)31(26)23-15-19-30(20-16-23)21-22-11-5-2-1-3-6-12-22;27-26(16-8-9-17-26)25-28-23-12-6-7-13-24(23)30(25)22-14-18-29(19-15-22)20-21-10-4-2-1-3-5-11-21;30-21-16-23(26-17-21)25-27-22-10-6-7-11-24(22)29(25)20-12-14-28(15-13-20)18-19-8-4-2-1-3-5-9-19;1-2-4-8-19(9-5-3-1)16-27-14-12-20(13-15-27)28-23-11-7-6-10-21(23)26-24(28)22-17-29-18-25-22;25-16-8-13-24-26-22-11-6-7-12-23(22)28(24)21-14-17-27(18-15-21)19-20-9-4-2-1-3-5-10-20/h7-8,13-14,22-23H,1-6,9-12,15-21,28H2;6-7,12-13,21-22H,1-5,8-11,14-20,27H2;6-7,10-11,19-21,23,26,30H,1-5,8-9,12-18H2;6-7,10-11,19-20,22,25H,1-5,8-9,12-18H2;6-7,11-12,20-21H,1-5,8-10,13-19,25H2/t;;21-,23+;22-;/m..10./s1. The van der Waals surface area contributed by atoms with Crippen LogP contribution < -0.4 is 27.8 Å². The van der Waals surface area contributed by atoms with Gasteiger partial charge in [-0.2, -0.15) is 0 Å². The van der Waals surface area contributed by atoms with Crippen molar-refractivity contribution in [2.75, 3.05) is 123 Å². The SMILES string of the molecule is NC1(c2nc3ccccc3n2C2CCN(CC3CCCCCCC3)CC2)CCCC1.NC1(c2nc3ccccc3n2C2CCN(CC3CCCCCCC3)CC2)CCCCC1.NCCCc1nc2ccccc2n1C1CCN(CC2CCCCCCC2)CC1.O[C@H]1CN[C@H](c2nc3ccccc3n2C2CCN(CC3CCCCCCC3)CC2)C1.c1ccc2c(c1)nc([C@@H]1CSCN1)n2C1CCN(CC2CCCCCCC2)CC1. The van der Waals surface area contributed by atoms with Gasteiger partial charge < -0.3 is 75.0 Å². The van der Waals surface area contributed by atoms with E-state index in [-0.39, 0.29) is 23.2 Å². The molecular formula is C126H194N20OS. The number of imidazole rings is 5. The summed E-state index contributed by atoms with van der Waals surface area (Å²) in [5.74, 6) is 12.8. The molecule has 21 nitrogen and oxygen atoms in total. The molecule has 14 fully saturated rings. The number of aryl methyl sites for hydroxylation is 1. The quantitative estimate of drug-likeness (QED) is 0.0371. The van der Waals surface area contributed by atoms with Crippen molar-refractivity contribution < 1.29 is 5.11 Å². The molecule has 12 heterocycles. The van der Waals surface area contributed by atoms with Crippen molar-refractivity contribution in [1.82, 2.24) is 82.9 Å². The number of aliphatic hydroxyl groups excluding tert-OH is 1. The van der Waals surface area contributed by atoms with E-state index in [4.69, 9.17) is 42.1 Å². The number of fused-ring (bicyclic) bond motifs is 5. The molecule has 7 aliphatic heterocycles. The number of nitrogens with two attached hydrogens (primary N) is 3. The van der Waals surface area contributed by atoms with Gasteiger partial charge >= 0.3 is 0 Å². The average Bonchev–Trinajstić information content (AvgIpc) is 1.60. The number of hydrogen-bond acceptors (Lipinski definition) is 17. The summed E-state index contributed by atoms with van der Waals surface area (Å²) >= 11 is 1.99. The van der Waals surface area contributed by atoms with Crippen LogP contribution in [0.3, 0.4) is 0 Å². The van der Waals surface area contributed by atoms with Crippen molar-refractivity contribution >= 4 is 66.9 Å². The molecular weight excluding hydrogens is 1840 g/mol. The van der Waals surface area contributed by atoms with Gasteiger partial charge in [-0.15, -0.1) is 11.8 Å². The molecule has 9 N–H and O–H groups in total. The van der Waals surface area contributed by atoms with Gasteiger partial charge in [-0.05, 0) is 264 Å². The third-order valence-corrected chi connectivity index (χ3v) is 39.5.